The Morgan fingerprint density at radius 1 is 1.19 bits per heavy atom. The second kappa shape index (κ2) is 8.79. The van der Waals surface area contributed by atoms with Crippen LogP contribution in [0.5, 0.6) is 0 Å². The lowest BCUT2D eigenvalue weighted by molar-refractivity contribution is 0.0938. The molecule has 0 atom stereocenters. The molecule has 0 aliphatic rings. The summed E-state index contributed by atoms with van der Waals surface area (Å²) in [5.74, 6) is -0.227. The van der Waals surface area contributed by atoms with E-state index in [1.807, 2.05) is 6.07 Å². The van der Waals surface area contributed by atoms with E-state index >= 15 is 0 Å². The molecule has 0 radical (unpaired) electrons. The van der Waals surface area contributed by atoms with Crippen LogP contribution < -0.4 is 10.9 Å². The van der Waals surface area contributed by atoms with Gasteiger partial charge in [0.1, 0.15) is 17.0 Å². The quantitative estimate of drug-likeness (QED) is 0.575. The molecule has 8 heteroatoms. The van der Waals surface area contributed by atoms with E-state index in [9.17, 15) is 9.59 Å². The molecule has 3 aromatic rings. The van der Waals surface area contributed by atoms with Gasteiger partial charge in [-0.25, -0.2) is 4.98 Å². The van der Waals surface area contributed by atoms with Crippen molar-refractivity contribution in [3.63, 3.8) is 0 Å². The Morgan fingerprint density at radius 2 is 1.96 bits per heavy atom. The average molecular weight is 372 g/mol. The molecule has 0 fully saturated rings. The highest BCUT2D eigenvalue weighted by atomic mass is 16.5. The predicted molar refractivity (Wildman–Crippen MR) is 102 cm³/mol. The zero-order valence-electron chi connectivity index (χ0n) is 15.6. The van der Waals surface area contributed by atoms with Crippen molar-refractivity contribution in [2.24, 2.45) is 0 Å². The van der Waals surface area contributed by atoms with Gasteiger partial charge in [0.15, 0.2) is 0 Å². The van der Waals surface area contributed by atoms with Crippen LogP contribution in [0.15, 0.2) is 35.3 Å². The molecule has 0 saturated carbocycles. The number of nitrogens with one attached hydrogen (secondary N) is 1. The Hall–Kier alpha value is -2.71. The van der Waals surface area contributed by atoms with Crippen molar-refractivity contribution >= 4 is 22.6 Å². The second-order valence-electron chi connectivity index (χ2n) is 6.21. The van der Waals surface area contributed by atoms with E-state index in [0.717, 1.165) is 6.42 Å². The largest absolute Gasteiger partial charge is 0.385 e. The number of rotatable bonds is 9. The molecule has 0 aromatic carbocycles. The minimum Gasteiger partial charge on any atom is -0.385 e. The SMILES string of the molecule is COCCCNC(=O)c1cc2c(=O)n3ccccc3nc2n1CCCOC. The maximum absolute atomic E-state index is 12.8. The Morgan fingerprint density at radius 3 is 2.74 bits per heavy atom. The lowest BCUT2D eigenvalue weighted by atomic mass is 10.3. The van der Waals surface area contributed by atoms with Crippen LogP contribution in [0.2, 0.25) is 0 Å². The molecule has 0 spiro atoms. The molecule has 3 rings (SSSR count). The van der Waals surface area contributed by atoms with Crippen molar-refractivity contribution in [1.29, 1.82) is 0 Å². The number of fused-ring (bicyclic) bond motifs is 2. The molecule has 1 amide bonds. The molecular formula is C19H24N4O4. The van der Waals surface area contributed by atoms with Gasteiger partial charge in [0, 0.05) is 46.7 Å². The molecule has 1 N–H and O–H groups in total. The van der Waals surface area contributed by atoms with Gasteiger partial charge in [-0.05, 0) is 31.0 Å². The van der Waals surface area contributed by atoms with Crippen molar-refractivity contribution in [2.75, 3.05) is 34.0 Å². The van der Waals surface area contributed by atoms with Crippen molar-refractivity contribution in [1.82, 2.24) is 19.3 Å². The van der Waals surface area contributed by atoms with Gasteiger partial charge in [0.05, 0.1) is 5.39 Å². The molecule has 144 valence electrons. The lowest BCUT2D eigenvalue weighted by Crippen LogP contribution is -2.27. The lowest BCUT2D eigenvalue weighted by Gasteiger charge is -2.10. The number of pyridine rings is 1. The van der Waals surface area contributed by atoms with Gasteiger partial charge in [0.2, 0.25) is 0 Å². The summed E-state index contributed by atoms with van der Waals surface area (Å²) in [5.41, 5.74) is 1.31. The Bertz CT molecular complexity index is 992. The molecule has 0 aliphatic carbocycles. The van der Waals surface area contributed by atoms with Crippen LogP contribution in [-0.2, 0) is 16.0 Å². The zero-order valence-corrected chi connectivity index (χ0v) is 15.6. The first-order valence-electron chi connectivity index (χ1n) is 8.94. The summed E-state index contributed by atoms with van der Waals surface area (Å²) >= 11 is 0. The summed E-state index contributed by atoms with van der Waals surface area (Å²) in [6.07, 6.45) is 3.11. The third-order valence-electron chi connectivity index (χ3n) is 4.35. The summed E-state index contributed by atoms with van der Waals surface area (Å²) < 4.78 is 13.4. The van der Waals surface area contributed by atoms with Crippen LogP contribution in [0.1, 0.15) is 23.3 Å². The van der Waals surface area contributed by atoms with Gasteiger partial charge in [-0.2, -0.15) is 0 Å². The van der Waals surface area contributed by atoms with Crippen LogP contribution in [0.3, 0.4) is 0 Å². The number of aryl methyl sites for hydroxylation is 1. The molecule has 0 bridgehead atoms. The maximum atomic E-state index is 12.8. The molecule has 0 aliphatic heterocycles. The fraction of sp³-hybridized carbons (Fsp3) is 0.421. The van der Waals surface area contributed by atoms with Gasteiger partial charge in [-0.1, -0.05) is 6.07 Å². The van der Waals surface area contributed by atoms with Gasteiger partial charge in [0.25, 0.3) is 11.5 Å². The molecular weight excluding hydrogens is 348 g/mol. The van der Waals surface area contributed by atoms with Crippen LogP contribution >= 0.6 is 0 Å². The van der Waals surface area contributed by atoms with Crippen LogP contribution in [0, 0.1) is 0 Å². The molecule has 0 saturated heterocycles. The first kappa shape index (κ1) is 19.1. The summed E-state index contributed by atoms with van der Waals surface area (Å²) in [5, 5.41) is 3.31. The molecule has 27 heavy (non-hydrogen) atoms. The number of hydrogen-bond acceptors (Lipinski definition) is 5. The number of hydrogen-bond donors (Lipinski definition) is 1. The first-order valence-corrected chi connectivity index (χ1v) is 8.94. The van der Waals surface area contributed by atoms with E-state index < -0.39 is 0 Å². The van der Waals surface area contributed by atoms with E-state index in [2.05, 4.69) is 10.3 Å². The number of aromatic nitrogens is 3. The molecule has 8 nitrogen and oxygen atoms in total. The van der Waals surface area contributed by atoms with Crippen molar-refractivity contribution in [2.45, 2.75) is 19.4 Å². The van der Waals surface area contributed by atoms with Gasteiger partial charge in [-0.3, -0.25) is 14.0 Å². The van der Waals surface area contributed by atoms with Crippen LogP contribution in [0.25, 0.3) is 16.7 Å². The fourth-order valence-electron chi connectivity index (χ4n) is 3.04. The standard InChI is InChI=1S/C19H24N4O4/c1-26-11-5-8-20-18(24)15-13-14-17(22(15)10-6-12-27-2)21-16-7-3-4-9-23(16)19(14)25/h3-4,7,9,13H,5-6,8,10-12H2,1-2H3,(H,20,24). The van der Waals surface area contributed by atoms with Gasteiger partial charge in [-0.15, -0.1) is 0 Å². The number of ether oxygens (including phenoxy) is 2. The highest BCUT2D eigenvalue weighted by Gasteiger charge is 2.19. The normalized spacial score (nSPS) is 11.3. The van der Waals surface area contributed by atoms with Crippen molar-refractivity contribution < 1.29 is 14.3 Å². The molecule has 0 unspecified atom stereocenters. The average Bonchev–Trinajstić information content (AvgIpc) is 3.04. The maximum Gasteiger partial charge on any atom is 0.267 e. The minimum atomic E-state index is -0.227. The topological polar surface area (TPSA) is 86.9 Å². The fourth-order valence-corrected chi connectivity index (χ4v) is 3.04. The second-order valence-corrected chi connectivity index (χ2v) is 6.21. The Balaban J connectivity index is 2.03. The number of carbonyl (C=O) groups is 1. The Labute approximate surface area is 156 Å². The van der Waals surface area contributed by atoms with Crippen molar-refractivity contribution in [3.8, 4) is 0 Å². The number of amides is 1. The number of nitrogens with zero attached hydrogens (tertiary/aromatic N) is 3. The summed E-state index contributed by atoms with van der Waals surface area (Å²) in [4.78, 5) is 30.2. The van der Waals surface area contributed by atoms with Crippen molar-refractivity contribution in [3.05, 3.63) is 46.5 Å². The van der Waals surface area contributed by atoms with E-state index in [-0.39, 0.29) is 11.5 Å². The van der Waals surface area contributed by atoms with E-state index in [4.69, 9.17) is 9.47 Å². The zero-order chi connectivity index (χ0) is 19.2. The molecule has 3 heterocycles. The molecule has 3 aromatic heterocycles. The first-order chi connectivity index (χ1) is 13.2. The third kappa shape index (κ3) is 4.01. The van der Waals surface area contributed by atoms with Crippen LogP contribution in [0.4, 0.5) is 0 Å². The van der Waals surface area contributed by atoms with Gasteiger partial charge < -0.3 is 19.4 Å². The number of methoxy groups -OCH3 is 2. The van der Waals surface area contributed by atoms with E-state index in [1.165, 1.54) is 4.40 Å². The van der Waals surface area contributed by atoms with Crippen LogP contribution in [-0.4, -0.2) is 53.8 Å². The van der Waals surface area contributed by atoms with Gasteiger partial charge >= 0.3 is 0 Å². The summed E-state index contributed by atoms with van der Waals surface area (Å²) in [6.45, 7) is 2.17. The predicted octanol–water partition coefficient (Wildman–Crippen LogP) is 1.45. The number of carbonyl (C=O) groups excluding carboxylic acids is 1. The Kier molecular flexibility index (Phi) is 6.20. The smallest absolute Gasteiger partial charge is 0.267 e. The minimum absolute atomic E-state index is 0.186. The van der Waals surface area contributed by atoms with E-state index in [0.29, 0.717) is 55.1 Å². The summed E-state index contributed by atoms with van der Waals surface area (Å²) in [7, 11) is 3.26. The third-order valence-corrected chi connectivity index (χ3v) is 4.35. The monoisotopic (exact) mass is 372 g/mol. The highest BCUT2D eigenvalue weighted by Crippen LogP contribution is 2.17. The van der Waals surface area contributed by atoms with E-state index in [1.54, 1.807) is 43.2 Å². The highest BCUT2D eigenvalue weighted by molar-refractivity contribution is 5.98. The summed E-state index contributed by atoms with van der Waals surface area (Å²) in [6, 6.07) is 7.01.